The van der Waals surface area contributed by atoms with Gasteiger partial charge in [0.05, 0.1) is 32.0 Å². The first-order chi connectivity index (χ1) is 38.6. The van der Waals surface area contributed by atoms with E-state index in [1.165, 1.54) is 77.0 Å². The Morgan fingerprint density at radius 3 is 1.34 bits per heavy atom. The van der Waals surface area contributed by atoms with Gasteiger partial charge in [-0.1, -0.05) is 220 Å². The van der Waals surface area contributed by atoms with Crippen molar-refractivity contribution in [2.45, 2.75) is 274 Å². The van der Waals surface area contributed by atoms with Crippen molar-refractivity contribution >= 4 is 5.91 Å². The lowest BCUT2D eigenvalue weighted by molar-refractivity contribution is -0.359. The minimum Gasteiger partial charge on any atom is -0.394 e. The molecule has 0 aromatic rings. The molecule has 12 unspecified atom stereocenters. The first-order valence-corrected chi connectivity index (χ1v) is 30.6. The summed E-state index contributed by atoms with van der Waals surface area (Å²) in [6.07, 6.45) is 52.6. The third kappa shape index (κ3) is 34.6. The van der Waals surface area contributed by atoms with E-state index in [4.69, 9.17) is 18.9 Å². The summed E-state index contributed by atoms with van der Waals surface area (Å²) in [6, 6.07) is -0.937. The lowest BCUT2D eigenvalue weighted by atomic mass is 9.97. The van der Waals surface area contributed by atoms with Gasteiger partial charge in [-0.2, -0.15) is 0 Å². The maximum absolute atomic E-state index is 13.3. The fourth-order valence-corrected chi connectivity index (χ4v) is 9.31. The number of nitrogens with one attached hydrogen (secondary N) is 1. The summed E-state index contributed by atoms with van der Waals surface area (Å²) >= 11 is 0. The van der Waals surface area contributed by atoms with Crippen molar-refractivity contribution in [1.29, 1.82) is 0 Å². The zero-order valence-electron chi connectivity index (χ0n) is 48.6. The molecule has 9 N–H and O–H groups in total. The molecule has 14 heteroatoms. The van der Waals surface area contributed by atoms with E-state index < -0.39 is 86.8 Å². The maximum Gasteiger partial charge on any atom is 0.220 e. The molecular formula is C65H109NO13. The average Bonchev–Trinajstić information content (AvgIpc) is 3.48. The Morgan fingerprint density at radius 2 is 0.873 bits per heavy atom. The van der Waals surface area contributed by atoms with Gasteiger partial charge in [0.2, 0.25) is 5.91 Å². The highest BCUT2D eigenvalue weighted by Gasteiger charge is 2.51. The van der Waals surface area contributed by atoms with Gasteiger partial charge in [-0.15, -0.1) is 0 Å². The molecule has 14 nitrogen and oxygen atoms in total. The van der Waals surface area contributed by atoms with Gasteiger partial charge in [0.1, 0.15) is 48.8 Å². The number of carbonyl (C=O) groups excluding carboxylic acids is 1. The van der Waals surface area contributed by atoms with E-state index in [0.29, 0.717) is 6.42 Å². The third-order valence-corrected chi connectivity index (χ3v) is 14.2. The Hall–Kier alpha value is -3.35. The molecule has 0 aliphatic carbocycles. The Kier molecular flexibility index (Phi) is 44.8. The highest BCUT2D eigenvalue weighted by Crippen LogP contribution is 2.30. The van der Waals surface area contributed by atoms with E-state index in [0.717, 1.165) is 96.3 Å². The van der Waals surface area contributed by atoms with Crippen LogP contribution in [0.25, 0.3) is 0 Å². The standard InChI is InChI=1S/C65H109NO13/c1-3-5-7-9-11-13-15-17-19-21-22-23-24-25-26-27-28-29-30-31-32-33-35-37-39-41-43-45-47-49-57(70)66-53(54(69)48-46-44-42-40-38-36-34-20-18-16-14-12-10-8-6-4-2)52-76-64-62(75)60(73)63(56(51-68)78-64)79-65-61(74)59(72)58(71)55(50-67)77-65/h5,7,11,13,17,19,22-23,25-26,28-29,31-32,35,37,46,48,53-56,58-65,67-69,71-75H,3-4,6,8-10,12,14-16,18,20-21,24,27,30,33-34,36,38-45,47,49-52H2,1-2H3,(H,66,70)/b7-5-,13-11-,19-17-,23-22-,26-25-,29-28-,32-31-,37-35-,48-46+. The van der Waals surface area contributed by atoms with E-state index in [1.54, 1.807) is 6.08 Å². The van der Waals surface area contributed by atoms with Crippen LogP contribution in [0.5, 0.6) is 0 Å². The molecule has 2 aliphatic rings. The van der Waals surface area contributed by atoms with Crippen LogP contribution in [-0.2, 0) is 23.7 Å². The van der Waals surface area contributed by atoms with Crippen molar-refractivity contribution in [2.75, 3.05) is 19.8 Å². The van der Waals surface area contributed by atoms with E-state index in [1.807, 2.05) is 6.08 Å². The van der Waals surface area contributed by atoms with Gasteiger partial charge in [-0.3, -0.25) is 4.79 Å². The molecule has 79 heavy (non-hydrogen) atoms. The van der Waals surface area contributed by atoms with E-state index >= 15 is 0 Å². The first kappa shape index (κ1) is 71.8. The summed E-state index contributed by atoms with van der Waals surface area (Å²) in [4.78, 5) is 13.3. The number of rotatable bonds is 47. The van der Waals surface area contributed by atoms with Gasteiger partial charge in [0.15, 0.2) is 12.6 Å². The lowest BCUT2D eigenvalue weighted by Gasteiger charge is -2.46. The van der Waals surface area contributed by atoms with Crippen molar-refractivity contribution in [3.05, 3.63) is 109 Å². The number of amides is 1. The van der Waals surface area contributed by atoms with Crippen LogP contribution in [0.3, 0.4) is 0 Å². The van der Waals surface area contributed by atoms with Crippen molar-refractivity contribution in [1.82, 2.24) is 5.32 Å². The predicted octanol–water partition coefficient (Wildman–Crippen LogP) is 10.8. The van der Waals surface area contributed by atoms with Crippen LogP contribution in [0, 0.1) is 0 Å². The molecule has 452 valence electrons. The quantitative estimate of drug-likeness (QED) is 0.0204. The zero-order chi connectivity index (χ0) is 57.4. The molecule has 0 aromatic carbocycles. The van der Waals surface area contributed by atoms with Crippen LogP contribution in [0.15, 0.2) is 109 Å². The molecule has 2 fully saturated rings. The lowest BCUT2D eigenvalue weighted by Crippen LogP contribution is -2.65. The first-order valence-electron chi connectivity index (χ1n) is 30.6. The molecular weight excluding hydrogens is 1000 g/mol. The number of hydrogen-bond donors (Lipinski definition) is 9. The Morgan fingerprint density at radius 1 is 0.468 bits per heavy atom. The summed E-state index contributed by atoms with van der Waals surface area (Å²) in [5.74, 6) is -0.268. The number of carbonyl (C=O) groups is 1. The van der Waals surface area contributed by atoms with Gasteiger partial charge in [-0.25, -0.2) is 0 Å². The Balaban J connectivity index is 1.76. The number of allylic oxidation sites excluding steroid dienone is 17. The third-order valence-electron chi connectivity index (χ3n) is 14.2. The minimum atomic E-state index is -1.80. The fraction of sp³-hybridized carbons (Fsp3) is 0.708. The maximum atomic E-state index is 13.3. The van der Waals surface area contributed by atoms with Gasteiger partial charge >= 0.3 is 0 Å². The highest BCUT2D eigenvalue weighted by atomic mass is 16.7. The van der Waals surface area contributed by atoms with Crippen LogP contribution in [-0.4, -0.2) is 140 Å². The number of aliphatic hydroxyl groups is 8. The SMILES string of the molecule is CC/C=C\C/C=C\C/C=C\C/C=C\C/C=C\C/C=C\C/C=C\C/C=C\CCCCCCC(=O)NC(COC1OC(CO)C(OC2OC(CO)C(O)C(O)C2O)C(O)C1O)C(O)/C=C/CCCCCCCCCCCCCCCC. The van der Waals surface area contributed by atoms with Gasteiger partial charge in [0, 0.05) is 6.42 Å². The van der Waals surface area contributed by atoms with Crippen molar-refractivity contribution in [3.63, 3.8) is 0 Å². The molecule has 2 heterocycles. The van der Waals surface area contributed by atoms with E-state index in [9.17, 15) is 45.6 Å². The Labute approximate surface area is 476 Å². The van der Waals surface area contributed by atoms with Gasteiger partial charge in [0.25, 0.3) is 0 Å². The van der Waals surface area contributed by atoms with Crippen LogP contribution < -0.4 is 5.32 Å². The molecule has 0 saturated carbocycles. The molecule has 0 spiro atoms. The summed E-state index contributed by atoms with van der Waals surface area (Å²) in [7, 11) is 0. The van der Waals surface area contributed by atoms with Gasteiger partial charge < -0.3 is 65.1 Å². The number of unbranched alkanes of at least 4 members (excludes halogenated alkanes) is 18. The largest absolute Gasteiger partial charge is 0.394 e. The van der Waals surface area contributed by atoms with Crippen molar-refractivity contribution in [3.8, 4) is 0 Å². The molecule has 2 aliphatic heterocycles. The topological polar surface area (TPSA) is 228 Å². The summed E-state index contributed by atoms with van der Waals surface area (Å²) in [5, 5.41) is 87.1. The summed E-state index contributed by atoms with van der Waals surface area (Å²) in [5.41, 5.74) is 0. The minimum absolute atomic E-state index is 0.244. The fourth-order valence-electron chi connectivity index (χ4n) is 9.31. The van der Waals surface area contributed by atoms with Gasteiger partial charge in [-0.05, 0) is 83.5 Å². The predicted molar refractivity (Wildman–Crippen MR) is 318 cm³/mol. The Bertz CT molecular complexity index is 1740. The number of hydrogen-bond acceptors (Lipinski definition) is 13. The van der Waals surface area contributed by atoms with E-state index in [2.05, 4.69) is 116 Å². The van der Waals surface area contributed by atoms with Crippen molar-refractivity contribution in [2.24, 2.45) is 0 Å². The van der Waals surface area contributed by atoms with Crippen LogP contribution in [0.4, 0.5) is 0 Å². The second kappa shape index (κ2) is 49.3. The second-order valence-electron chi connectivity index (χ2n) is 21.1. The smallest absolute Gasteiger partial charge is 0.220 e. The highest BCUT2D eigenvalue weighted by molar-refractivity contribution is 5.76. The monoisotopic (exact) mass is 1110 g/mol. The molecule has 0 aromatic heterocycles. The zero-order valence-corrected chi connectivity index (χ0v) is 48.6. The molecule has 1 amide bonds. The van der Waals surface area contributed by atoms with Crippen LogP contribution >= 0.6 is 0 Å². The number of aliphatic hydroxyl groups excluding tert-OH is 8. The summed E-state index contributed by atoms with van der Waals surface area (Å²) in [6.45, 7) is 2.65. The molecule has 0 radical (unpaired) electrons. The van der Waals surface area contributed by atoms with Crippen molar-refractivity contribution < 1.29 is 64.6 Å². The average molecular weight is 1110 g/mol. The molecule has 0 bridgehead atoms. The summed E-state index contributed by atoms with van der Waals surface area (Å²) < 4.78 is 22.8. The molecule has 2 saturated heterocycles. The van der Waals surface area contributed by atoms with E-state index in [-0.39, 0.29) is 18.9 Å². The number of ether oxygens (including phenoxy) is 4. The van der Waals surface area contributed by atoms with Crippen LogP contribution in [0.1, 0.15) is 200 Å². The second-order valence-corrected chi connectivity index (χ2v) is 21.1. The molecule has 12 atom stereocenters. The molecule has 2 rings (SSSR count). The van der Waals surface area contributed by atoms with Crippen LogP contribution in [0.2, 0.25) is 0 Å². The normalized spacial score (nSPS) is 25.2.